The highest BCUT2D eigenvalue weighted by molar-refractivity contribution is 6.39. The summed E-state index contributed by atoms with van der Waals surface area (Å²) in [6.07, 6.45) is 5.78. The van der Waals surface area contributed by atoms with E-state index in [9.17, 15) is 9.59 Å². The van der Waals surface area contributed by atoms with Crippen molar-refractivity contribution in [2.75, 3.05) is 26.2 Å². The predicted octanol–water partition coefficient (Wildman–Crippen LogP) is 1.61. The summed E-state index contributed by atoms with van der Waals surface area (Å²) >= 11 is 0. The molecule has 3 aliphatic rings. The van der Waals surface area contributed by atoms with Gasteiger partial charge >= 0.3 is 6.03 Å². The molecule has 2 fully saturated rings. The third-order valence-electron chi connectivity index (χ3n) is 5.71. The van der Waals surface area contributed by atoms with Crippen LogP contribution in [0.2, 0.25) is 0 Å². The van der Waals surface area contributed by atoms with Gasteiger partial charge < -0.3 is 25.7 Å². The van der Waals surface area contributed by atoms with Crippen LogP contribution < -0.4 is 16.0 Å². The summed E-state index contributed by atoms with van der Waals surface area (Å²) < 4.78 is 0. The molecule has 0 bridgehead atoms. The van der Waals surface area contributed by atoms with E-state index >= 15 is 0 Å². The highest BCUT2D eigenvalue weighted by Gasteiger charge is 2.52. The first-order valence-corrected chi connectivity index (χ1v) is 10.8. The topological polar surface area (TPSA) is 95.1 Å². The lowest BCUT2D eigenvalue weighted by atomic mass is 9.83. The number of hydrogen-bond donors (Lipinski definition) is 3. The van der Waals surface area contributed by atoms with Crippen LogP contribution in [0, 0.1) is 5.92 Å². The smallest absolute Gasteiger partial charge is 0.317 e. The van der Waals surface area contributed by atoms with Crippen LogP contribution in [0.4, 0.5) is 4.79 Å². The number of hydrogen-bond acceptors (Lipinski definition) is 5. The van der Waals surface area contributed by atoms with Crippen molar-refractivity contribution in [3.63, 3.8) is 0 Å². The number of nitrogens with one attached hydrogen (secondary N) is 3. The molecule has 3 amide bonds. The molecule has 1 aliphatic carbocycles. The van der Waals surface area contributed by atoms with Crippen LogP contribution in [0.15, 0.2) is 5.16 Å². The molecule has 0 aromatic rings. The van der Waals surface area contributed by atoms with E-state index in [0.717, 1.165) is 31.7 Å². The molecule has 1 spiro atoms. The van der Waals surface area contributed by atoms with Gasteiger partial charge in [0.25, 0.3) is 5.91 Å². The lowest BCUT2D eigenvalue weighted by Gasteiger charge is -2.44. The summed E-state index contributed by atoms with van der Waals surface area (Å²) in [6, 6.07) is 0.0702. The molecule has 2 aliphatic heterocycles. The second-order valence-corrected chi connectivity index (χ2v) is 8.70. The quantitative estimate of drug-likeness (QED) is 0.546. The molecule has 3 rings (SSSR count). The van der Waals surface area contributed by atoms with Crippen molar-refractivity contribution in [3.05, 3.63) is 0 Å². The third kappa shape index (κ3) is 5.16. The second-order valence-electron chi connectivity index (χ2n) is 8.70. The highest BCUT2D eigenvalue weighted by atomic mass is 16.7. The molecule has 0 aromatic heterocycles. The average Bonchev–Trinajstić information content (AvgIpc) is 3.39. The van der Waals surface area contributed by atoms with Crippen LogP contribution in [0.1, 0.15) is 59.3 Å². The number of amides is 3. The van der Waals surface area contributed by atoms with Crippen LogP contribution in [0.25, 0.3) is 0 Å². The van der Waals surface area contributed by atoms with Gasteiger partial charge in [-0.15, -0.1) is 0 Å². The average molecular weight is 394 g/mol. The lowest BCUT2D eigenvalue weighted by molar-refractivity contribution is -0.115. The summed E-state index contributed by atoms with van der Waals surface area (Å²) in [5.41, 5.74) is -0.251. The van der Waals surface area contributed by atoms with Gasteiger partial charge in [0.2, 0.25) is 0 Å². The Hall–Kier alpha value is -1.83. The fourth-order valence-electron chi connectivity index (χ4n) is 3.87. The van der Waals surface area contributed by atoms with Crippen LogP contribution in [0.5, 0.6) is 0 Å². The molecule has 158 valence electrons. The molecule has 0 radical (unpaired) electrons. The number of urea groups is 1. The van der Waals surface area contributed by atoms with Gasteiger partial charge in [-0.25, -0.2) is 4.79 Å². The second kappa shape index (κ2) is 9.11. The largest absolute Gasteiger partial charge is 0.385 e. The molecule has 1 saturated heterocycles. The van der Waals surface area contributed by atoms with Gasteiger partial charge in [0, 0.05) is 25.6 Å². The zero-order chi connectivity index (χ0) is 20.1. The number of oxime groups is 1. The van der Waals surface area contributed by atoms with Gasteiger partial charge in [-0.1, -0.05) is 18.5 Å². The van der Waals surface area contributed by atoms with Crippen molar-refractivity contribution in [1.29, 1.82) is 0 Å². The van der Waals surface area contributed by atoms with E-state index in [2.05, 4.69) is 28.0 Å². The lowest BCUT2D eigenvalue weighted by Crippen LogP contribution is -2.64. The normalized spacial score (nSPS) is 26.9. The Bertz CT molecular complexity index is 605. The summed E-state index contributed by atoms with van der Waals surface area (Å²) in [4.78, 5) is 32.7. The summed E-state index contributed by atoms with van der Waals surface area (Å²) in [5, 5.41) is 13.7. The van der Waals surface area contributed by atoms with Crippen LogP contribution in [-0.2, 0) is 9.63 Å². The minimum absolute atomic E-state index is 0.0442. The number of carbonyl (C=O) groups excluding carboxylic acids is 2. The van der Waals surface area contributed by atoms with Gasteiger partial charge in [0.15, 0.2) is 5.60 Å². The van der Waals surface area contributed by atoms with Gasteiger partial charge in [0.1, 0.15) is 5.71 Å². The van der Waals surface area contributed by atoms with Gasteiger partial charge in [-0.05, 0) is 52.0 Å². The SMILES string of the molecule is CCCCNC(=O)N1CC[C@H](NCC2CC2)[C@]2(CC(C(=O)NC(C)C)=NO2)C1. The Morgan fingerprint density at radius 2 is 2.11 bits per heavy atom. The van der Waals surface area contributed by atoms with Crippen molar-refractivity contribution in [1.82, 2.24) is 20.9 Å². The predicted molar refractivity (Wildman–Crippen MR) is 108 cm³/mol. The fraction of sp³-hybridized carbons (Fsp3) is 0.850. The van der Waals surface area contributed by atoms with Gasteiger partial charge in [-0.2, -0.15) is 0 Å². The summed E-state index contributed by atoms with van der Waals surface area (Å²) in [6.45, 7) is 8.72. The molecule has 8 heteroatoms. The van der Waals surface area contributed by atoms with Crippen molar-refractivity contribution < 1.29 is 14.4 Å². The standard InChI is InChI=1S/C20H35N5O3/c1-4-5-9-21-19(27)25-10-8-17(22-12-15-6-7-15)20(13-25)11-16(24-28-20)18(26)23-14(2)3/h14-15,17,22H,4-13H2,1-3H3,(H,21,27)(H,23,26)/t17-,20-/m0/s1. The molecule has 8 nitrogen and oxygen atoms in total. The van der Waals surface area contributed by atoms with Crippen LogP contribution >= 0.6 is 0 Å². The van der Waals surface area contributed by atoms with E-state index in [1.54, 1.807) is 0 Å². The minimum atomic E-state index is -0.668. The van der Waals surface area contributed by atoms with E-state index < -0.39 is 5.60 Å². The maximum absolute atomic E-state index is 12.6. The highest BCUT2D eigenvalue weighted by Crippen LogP contribution is 2.35. The molecule has 0 unspecified atom stereocenters. The number of carbonyl (C=O) groups is 2. The Morgan fingerprint density at radius 3 is 2.79 bits per heavy atom. The maximum atomic E-state index is 12.6. The zero-order valence-electron chi connectivity index (χ0n) is 17.4. The molecular formula is C20H35N5O3. The van der Waals surface area contributed by atoms with E-state index in [1.807, 2.05) is 18.7 Å². The Labute approximate surface area is 167 Å². The zero-order valence-corrected chi connectivity index (χ0v) is 17.4. The molecule has 2 atom stereocenters. The number of unbranched alkanes of at least 4 members (excludes halogenated alkanes) is 1. The van der Waals surface area contributed by atoms with Crippen LogP contribution in [-0.4, -0.2) is 66.4 Å². The number of rotatable bonds is 8. The summed E-state index contributed by atoms with van der Waals surface area (Å²) in [5.74, 6) is 0.566. The first kappa shape index (κ1) is 20.9. The van der Waals surface area contributed by atoms with E-state index in [-0.39, 0.29) is 24.0 Å². The van der Waals surface area contributed by atoms with E-state index in [4.69, 9.17) is 4.84 Å². The molecule has 28 heavy (non-hydrogen) atoms. The number of likely N-dealkylation sites (tertiary alicyclic amines) is 1. The molecule has 1 saturated carbocycles. The first-order chi connectivity index (χ1) is 13.4. The Morgan fingerprint density at radius 1 is 1.32 bits per heavy atom. The summed E-state index contributed by atoms with van der Waals surface area (Å²) in [7, 11) is 0. The third-order valence-corrected chi connectivity index (χ3v) is 5.71. The number of nitrogens with zero attached hydrogens (tertiary/aromatic N) is 2. The van der Waals surface area contributed by atoms with E-state index in [0.29, 0.717) is 31.8 Å². The maximum Gasteiger partial charge on any atom is 0.317 e. The monoisotopic (exact) mass is 393 g/mol. The van der Waals surface area contributed by atoms with Gasteiger partial charge in [0.05, 0.1) is 12.6 Å². The Balaban J connectivity index is 1.65. The molecule has 2 heterocycles. The first-order valence-electron chi connectivity index (χ1n) is 10.8. The Kier molecular flexibility index (Phi) is 6.80. The van der Waals surface area contributed by atoms with Gasteiger partial charge in [-0.3, -0.25) is 4.79 Å². The number of piperidine rings is 1. The van der Waals surface area contributed by atoms with Crippen molar-refractivity contribution >= 4 is 17.6 Å². The van der Waals surface area contributed by atoms with E-state index in [1.165, 1.54) is 12.8 Å². The molecular weight excluding hydrogens is 358 g/mol. The fourth-order valence-corrected chi connectivity index (χ4v) is 3.87. The van der Waals surface area contributed by atoms with Crippen molar-refractivity contribution in [2.45, 2.75) is 77.0 Å². The van der Waals surface area contributed by atoms with Crippen molar-refractivity contribution in [2.24, 2.45) is 11.1 Å². The van der Waals surface area contributed by atoms with Crippen LogP contribution in [0.3, 0.4) is 0 Å². The molecule has 3 N–H and O–H groups in total. The molecule has 0 aromatic carbocycles. The van der Waals surface area contributed by atoms with Crippen molar-refractivity contribution in [3.8, 4) is 0 Å². The minimum Gasteiger partial charge on any atom is -0.385 e.